The van der Waals surface area contributed by atoms with Crippen molar-refractivity contribution in [1.82, 2.24) is 10.4 Å². The van der Waals surface area contributed by atoms with Crippen LogP contribution in [0.3, 0.4) is 0 Å². The molecule has 110 valence electrons. The number of fused-ring (bicyclic) bond motifs is 1. The predicted molar refractivity (Wildman–Crippen MR) is 91.8 cm³/mol. The standard InChI is InChI=1S/C16H17Br2N3/c17-11-6-7-12(14(18)9-11)16(21-19)13-5-1-3-10-4-2-8-20-15(10)13/h2,4,6-9,13,16,21H,1,3,5,19H2. The zero-order valence-corrected chi connectivity index (χ0v) is 14.7. The third-order valence-electron chi connectivity index (χ3n) is 4.12. The largest absolute Gasteiger partial charge is 0.271 e. The summed E-state index contributed by atoms with van der Waals surface area (Å²) in [6.07, 6.45) is 5.26. The van der Waals surface area contributed by atoms with Crippen molar-refractivity contribution in [2.24, 2.45) is 5.84 Å². The van der Waals surface area contributed by atoms with Crippen molar-refractivity contribution < 1.29 is 0 Å². The lowest BCUT2D eigenvalue weighted by Crippen LogP contribution is -2.34. The van der Waals surface area contributed by atoms with Crippen LogP contribution in [0.5, 0.6) is 0 Å². The minimum absolute atomic E-state index is 0.0569. The summed E-state index contributed by atoms with van der Waals surface area (Å²) in [4.78, 5) is 4.62. The van der Waals surface area contributed by atoms with Gasteiger partial charge < -0.3 is 0 Å². The first-order valence-electron chi connectivity index (χ1n) is 7.05. The molecule has 3 rings (SSSR count). The van der Waals surface area contributed by atoms with Crippen LogP contribution in [0.4, 0.5) is 0 Å². The highest BCUT2D eigenvalue weighted by molar-refractivity contribution is 9.11. The molecule has 0 amide bonds. The second-order valence-electron chi connectivity index (χ2n) is 5.36. The number of nitrogens with one attached hydrogen (secondary N) is 1. The summed E-state index contributed by atoms with van der Waals surface area (Å²) >= 11 is 7.14. The third kappa shape index (κ3) is 3.06. The average molecular weight is 411 g/mol. The van der Waals surface area contributed by atoms with Gasteiger partial charge in [0.2, 0.25) is 0 Å². The van der Waals surface area contributed by atoms with Gasteiger partial charge in [0, 0.05) is 26.8 Å². The Morgan fingerprint density at radius 1 is 1.29 bits per heavy atom. The molecular weight excluding hydrogens is 394 g/mol. The highest BCUT2D eigenvalue weighted by Crippen LogP contribution is 2.41. The van der Waals surface area contributed by atoms with Gasteiger partial charge in [0.25, 0.3) is 0 Å². The summed E-state index contributed by atoms with van der Waals surface area (Å²) in [5, 5.41) is 0. The zero-order chi connectivity index (χ0) is 14.8. The van der Waals surface area contributed by atoms with Crippen LogP contribution < -0.4 is 11.3 Å². The Hall–Kier alpha value is -0.750. The number of hydrogen-bond acceptors (Lipinski definition) is 3. The van der Waals surface area contributed by atoms with Crippen LogP contribution in [0, 0.1) is 0 Å². The highest BCUT2D eigenvalue weighted by Gasteiger charge is 2.30. The molecule has 0 spiro atoms. The number of hydrazine groups is 1. The number of benzene rings is 1. The van der Waals surface area contributed by atoms with Crippen LogP contribution in [0.15, 0.2) is 45.5 Å². The molecule has 0 fully saturated rings. The monoisotopic (exact) mass is 409 g/mol. The van der Waals surface area contributed by atoms with Crippen molar-refractivity contribution in [2.45, 2.75) is 31.2 Å². The number of pyridine rings is 1. The molecule has 0 radical (unpaired) electrons. The third-order valence-corrected chi connectivity index (χ3v) is 5.30. The summed E-state index contributed by atoms with van der Waals surface area (Å²) < 4.78 is 2.11. The van der Waals surface area contributed by atoms with Gasteiger partial charge in [0.05, 0.1) is 6.04 Å². The number of aryl methyl sites for hydroxylation is 1. The maximum atomic E-state index is 5.89. The molecule has 3 N–H and O–H groups in total. The molecular formula is C16H17Br2N3. The summed E-state index contributed by atoms with van der Waals surface area (Å²) in [7, 11) is 0. The molecule has 0 saturated heterocycles. The molecule has 0 bridgehead atoms. The van der Waals surface area contributed by atoms with Crippen molar-refractivity contribution in [3.05, 3.63) is 62.3 Å². The number of halogens is 2. The smallest absolute Gasteiger partial charge is 0.0554 e. The maximum Gasteiger partial charge on any atom is 0.0554 e. The van der Waals surface area contributed by atoms with E-state index in [2.05, 4.69) is 60.5 Å². The Morgan fingerprint density at radius 3 is 2.90 bits per heavy atom. The van der Waals surface area contributed by atoms with E-state index in [1.54, 1.807) is 0 Å². The van der Waals surface area contributed by atoms with Crippen LogP contribution in [0.1, 0.15) is 41.6 Å². The number of rotatable bonds is 3. The van der Waals surface area contributed by atoms with Crippen LogP contribution in [0.2, 0.25) is 0 Å². The van der Waals surface area contributed by atoms with Gasteiger partial charge in [-0.25, -0.2) is 0 Å². The molecule has 2 atom stereocenters. The van der Waals surface area contributed by atoms with E-state index in [-0.39, 0.29) is 6.04 Å². The fraction of sp³-hybridized carbons (Fsp3) is 0.312. The highest BCUT2D eigenvalue weighted by atomic mass is 79.9. The van der Waals surface area contributed by atoms with Crippen molar-refractivity contribution >= 4 is 31.9 Å². The lowest BCUT2D eigenvalue weighted by atomic mass is 9.80. The van der Waals surface area contributed by atoms with Crippen molar-refractivity contribution in [1.29, 1.82) is 0 Å². The van der Waals surface area contributed by atoms with E-state index < -0.39 is 0 Å². The van der Waals surface area contributed by atoms with Crippen LogP contribution in [-0.4, -0.2) is 4.98 Å². The number of aromatic nitrogens is 1. The lowest BCUT2D eigenvalue weighted by Gasteiger charge is -2.31. The molecule has 1 aromatic carbocycles. The van der Waals surface area contributed by atoms with Gasteiger partial charge >= 0.3 is 0 Å². The molecule has 2 unspecified atom stereocenters. The lowest BCUT2D eigenvalue weighted by molar-refractivity contribution is 0.399. The molecule has 1 aromatic heterocycles. The van der Waals surface area contributed by atoms with E-state index in [0.29, 0.717) is 5.92 Å². The summed E-state index contributed by atoms with van der Waals surface area (Å²) in [5.74, 6) is 6.19. The Kier molecular flexibility index (Phi) is 4.74. The van der Waals surface area contributed by atoms with E-state index in [1.807, 2.05) is 18.3 Å². The number of nitrogens with two attached hydrogens (primary N) is 1. The van der Waals surface area contributed by atoms with Gasteiger partial charge in [-0.1, -0.05) is 44.0 Å². The van der Waals surface area contributed by atoms with E-state index in [4.69, 9.17) is 5.84 Å². The van der Waals surface area contributed by atoms with Gasteiger partial charge in [-0.05, 0) is 48.6 Å². The normalized spacial score (nSPS) is 19.1. The molecule has 0 aliphatic heterocycles. The fourth-order valence-electron chi connectivity index (χ4n) is 3.15. The van der Waals surface area contributed by atoms with E-state index in [1.165, 1.54) is 23.2 Å². The van der Waals surface area contributed by atoms with E-state index in [0.717, 1.165) is 21.8 Å². The quantitative estimate of drug-likeness (QED) is 0.587. The first-order valence-corrected chi connectivity index (χ1v) is 8.64. The average Bonchev–Trinajstić information content (AvgIpc) is 2.50. The first-order chi connectivity index (χ1) is 10.2. The Morgan fingerprint density at radius 2 is 2.14 bits per heavy atom. The Balaban J connectivity index is 2.01. The minimum atomic E-state index is 0.0569. The summed E-state index contributed by atoms with van der Waals surface area (Å²) in [5.41, 5.74) is 6.71. The molecule has 1 aliphatic carbocycles. The minimum Gasteiger partial charge on any atom is -0.271 e. The van der Waals surface area contributed by atoms with Crippen LogP contribution >= 0.6 is 31.9 Å². The van der Waals surface area contributed by atoms with Gasteiger partial charge in [-0.3, -0.25) is 16.3 Å². The SMILES string of the molecule is NNC(c1ccc(Br)cc1Br)C1CCCc2cccnc21. The van der Waals surface area contributed by atoms with Gasteiger partial charge in [0.1, 0.15) is 0 Å². The topological polar surface area (TPSA) is 50.9 Å². The number of nitrogens with zero attached hydrogens (tertiary/aromatic N) is 1. The molecule has 5 heteroatoms. The molecule has 1 heterocycles. The van der Waals surface area contributed by atoms with Crippen LogP contribution in [0.25, 0.3) is 0 Å². The second-order valence-corrected chi connectivity index (χ2v) is 7.13. The van der Waals surface area contributed by atoms with E-state index >= 15 is 0 Å². The summed E-state index contributed by atoms with van der Waals surface area (Å²) in [6, 6.07) is 10.5. The fourth-order valence-corrected chi connectivity index (χ4v) is 4.44. The Labute approximate surface area is 141 Å². The van der Waals surface area contributed by atoms with Crippen molar-refractivity contribution in [3.63, 3.8) is 0 Å². The zero-order valence-electron chi connectivity index (χ0n) is 11.5. The molecule has 1 aliphatic rings. The Bertz CT molecular complexity index is 645. The van der Waals surface area contributed by atoms with Crippen LogP contribution in [-0.2, 0) is 6.42 Å². The van der Waals surface area contributed by atoms with Gasteiger partial charge in [-0.2, -0.15) is 0 Å². The molecule has 0 saturated carbocycles. The molecule has 3 nitrogen and oxygen atoms in total. The predicted octanol–water partition coefficient (Wildman–Crippen LogP) is 4.23. The molecule has 21 heavy (non-hydrogen) atoms. The van der Waals surface area contributed by atoms with Crippen molar-refractivity contribution in [3.8, 4) is 0 Å². The van der Waals surface area contributed by atoms with Crippen molar-refractivity contribution in [2.75, 3.05) is 0 Å². The molecule has 2 aromatic rings. The van der Waals surface area contributed by atoms with Gasteiger partial charge in [-0.15, -0.1) is 0 Å². The van der Waals surface area contributed by atoms with E-state index in [9.17, 15) is 0 Å². The maximum absolute atomic E-state index is 5.89. The first kappa shape index (κ1) is 15.2. The van der Waals surface area contributed by atoms with Gasteiger partial charge in [0.15, 0.2) is 0 Å². The second kappa shape index (κ2) is 6.57. The summed E-state index contributed by atoms with van der Waals surface area (Å²) in [6.45, 7) is 0. The number of hydrogen-bond donors (Lipinski definition) is 2.